The Balaban J connectivity index is 1.42. The minimum atomic E-state index is -0.662. The predicted molar refractivity (Wildman–Crippen MR) is 92.4 cm³/mol. The van der Waals surface area contributed by atoms with Crippen molar-refractivity contribution in [2.45, 2.75) is 69.5 Å². The minimum Gasteiger partial charge on any atom is -0.349 e. The highest BCUT2D eigenvalue weighted by Gasteiger charge is 2.67. The largest absolute Gasteiger partial charge is 0.349 e. The maximum atomic E-state index is 6.53. The third-order valence-corrected chi connectivity index (χ3v) is 7.11. The van der Waals surface area contributed by atoms with E-state index in [4.69, 9.17) is 19.2 Å². The summed E-state index contributed by atoms with van der Waals surface area (Å²) in [7, 11) is 0. The lowest BCUT2D eigenvalue weighted by Crippen LogP contribution is -2.67. The Hall–Kier alpha value is -0.940. The fourth-order valence-electron chi connectivity index (χ4n) is 5.67. The highest BCUT2D eigenvalue weighted by molar-refractivity contribution is 5.15. The Bertz CT molecular complexity index is 616. The van der Waals surface area contributed by atoms with E-state index in [2.05, 4.69) is 37.3 Å². The number of fused-ring (bicyclic) bond motifs is 2. The number of aryl methyl sites for hydroxylation is 1. The van der Waals surface area contributed by atoms with Crippen LogP contribution < -0.4 is 0 Å². The fraction of sp³-hybridized carbons (Fsp3) is 0.714. The second-order valence-electron chi connectivity index (χ2n) is 8.42. The second-order valence-corrected chi connectivity index (χ2v) is 8.42. The first-order valence-corrected chi connectivity index (χ1v) is 9.92. The van der Waals surface area contributed by atoms with Crippen LogP contribution >= 0.6 is 0 Å². The van der Waals surface area contributed by atoms with Crippen molar-refractivity contribution in [1.82, 2.24) is 0 Å². The van der Waals surface area contributed by atoms with Gasteiger partial charge in [0.25, 0.3) is 0 Å². The molecule has 1 saturated carbocycles. The van der Waals surface area contributed by atoms with Crippen molar-refractivity contribution in [2.75, 3.05) is 6.61 Å². The first-order chi connectivity index (χ1) is 12.2. The summed E-state index contributed by atoms with van der Waals surface area (Å²) < 4.78 is 12.7. The van der Waals surface area contributed by atoms with Gasteiger partial charge in [-0.1, -0.05) is 37.3 Å². The molecule has 4 nitrogen and oxygen atoms in total. The molecule has 4 heteroatoms. The maximum absolute atomic E-state index is 6.53. The summed E-state index contributed by atoms with van der Waals surface area (Å²) in [6.45, 7) is 3.14. The van der Waals surface area contributed by atoms with Crippen LogP contribution in [0.25, 0.3) is 0 Å². The predicted octanol–water partition coefficient (Wildman–Crippen LogP) is 4.24. The summed E-state index contributed by atoms with van der Waals surface area (Å²) in [6, 6.07) is 10.5. The van der Waals surface area contributed by atoms with Gasteiger partial charge in [-0.3, -0.25) is 0 Å². The van der Waals surface area contributed by atoms with Gasteiger partial charge >= 0.3 is 0 Å². The van der Waals surface area contributed by atoms with Gasteiger partial charge < -0.3 is 9.47 Å². The minimum absolute atomic E-state index is 0.272. The summed E-state index contributed by atoms with van der Waals surface area (Å²) in [6.07, 6.45) is 6.99. The zero-order chi connectivity index (χ0) is 16.9. The van der Waals surface area contributed by atoms with Crippen molar-refractivity contribution in [3.63, 3.8) is 0 Å². The van der Waals surface area contributed by atoms with E-state index in [1.54, 1.807) is 0 Å². The molecule has 25 heavy (non-hydrogen) atoms. The van der Waals surface area contributed by atoms with Gasteiger partial charge in [-0.05, 0) is 55.4 Å². The Kier molecular flexibility index (Phi) is 3.93. The molecule has 6 rings (SSSR count). The van der Waals surface area contributed by atoms with E-state index < -0.39 is 5.79 Å². The van der Waals surface area contributed by atoms with Crippen LogP contribution in [0.2, 0.25) is 0 Å². The van der Waals surface area contributed by atoms with E-state index in [0.29, 0.717) is 17.8 Å². The lowest BCUT2D eigenvalue weighted by atomic mass is 9.61. The molecule has 0 radical (unpaired) electrons. The van der Waals surface area contributed by atoms with Gasteiger partial charge in [0, 0.05) is 12.8 Å². The molecule has 4 aliphatic heterocycles. The van der Waals surface area contributed by atoms with Gasteiger partial charge in [0.2, 0.25) is 5.79 Å². The molecule has 0 N–H and O–H groups in total. The molecule has 0 amide bonds. The van der Waals surface area contributed by atoms with Gasteiger partial charge in [-0.15, -0.1) is 0 Å². The average molecular weight is 344 g/mol. The third-order valence-electron chi connectivity index (χ3n) is 7.11. The van der Waals surface area contributed by atoms with Crippen molar-refractivity contribution in [1.29, 1.82) is 0 Å². The normalized spacial score (nSPS) is 45.6. The molecule has 6 atom stereocenters. The molecule has 1 aliphatic carbocycles. The van der Waals surface area contributed by atoms with Crippen LogP contribution in [0.4, 0.5) is 0 Å². The van der Waals surface area contributed by atoms with Crippen LogP contribution in [0.3, 0.4) is 0 Å². The van der Waals surface area contributed by atoms with Crippen LogP contribution in [0.1, 0.15) is 51.0 Å². The first-order valence-electron chi connectivity index (χ1n) is 9.92. The van der Waals surface area contributed by atoms with Gasteiger partial charge in [0.1, 0.15) is 0 Å². The van der Waals surface area contributed by atoms with Crippen molar-refractivity contribution in [2.24, 2.45) is 17.8 Å². The molecule has 136 valence electrons. The van der Waals surface area contributed by atoms with Gasteiger partial charge in [0.15, 0.2) is 11.9 Å². The lowest BCUT2D eigenvalue weighted by Gasteiger charge is -2.57. The molecule has 2 bridgehead atoms. The quantitative estimate of drug-likeness (QED) is 0.769. The van der Waals surface area contributed by atoms with E-state index in [0.717, 1.165) is 38.7 Å². The SMILES string of the molecule is C[C@@H]1CC[C@H]2CCO[C@@H]3O[C@@]4(CCc5ccccc5)CC[C@@H]1[C@]23OO4. The number of hydrogen-bond donors (Lipinski definition) is 0. The average Bonchev–Trinajstić information content (AvgIpc) is 2.91. The van der Waals surface area contributed by atoms with Gasteiger partial charge in [-0.25, -0.2) is 9.78 Å². The fourth-order valence-corrected chi connectivity index (χ4v) is 5.67. The highest BCUT2D eigenvalue weighted by Crippen LogP contribution is 2.59. The number of hydrogen-bond acceptors (Lipinski definition) is 4. The number of rotatable bonds is 3. The topological polar surface area (TPSA) is 36.9 Å². The van der Waals surface area contributed by atoms with Crippen molar-refractivity contribution in [3.8, 4) is 0 Å². The molecule has 4 heterocycles. The number of benzene rings is 1. The van der Waals surface area contributed by atoms with Crippen molar-refractivity contribution >= 4 is 0 Å². The molecule has 1 spiro atoms. The first kappa shape index (κ1) is 16.2. The zero-order valence-corrected chi connectivity index (χ0v) is 15.0. The standard InChI is InChI=1S/C21H28O4/c1-15-7-8-17-11-14-22-19-21(17)18(15)10-13-20(23-19,24-25-21)12-9-16-5-3-2-4-6-16/h2-6,15,17-19H,7-14H2,1H3/t15-,17+,18+,19-,20-,21-/m1/s1. The van der Waals surface area contributed by atoms with E-state index in [-0.39, 0.29) is 11.9 Å². The van der Waals surface area contributed by atoms with Crippen molar-refractivity contribution < 1.29 is 19.2 Å². The van der Waals surface area contributed by atoms with Gasteiger partial charge in [0.05, 0.1) is 6.61 Å². The molecule has 5 aliphatic rings. The van der Waals surface area contributed by atoms with Crippen LogP contribution in [0.15, 0.2) is 30.3 Å². The zero-order valence-electron chi connectivity index (χ0n) is 15.0. The Morgan fingerprint density at radius 1 is 1.04 bits per heavy atom. The van der Waals surface area contributed by atoms with E-state index >= 15 is 0 Å². The molecule has 0 aromatic heterocycles. The molecular formula is C21H28O4. The van der Waals surface area contributed by atoms with Crippen LogP contribution in [-0.4, -0.2) is 24.3 Å². The molecular weight excluding hydrogens is 316 g/mol. The Morgan fingerprint density at radius 3 is 2.80 bits per heavy atom. The molecule has 1 aromatic carbocycles. The Morgan fingerprint density at radius 2 is 1.92 bits per heavy atom. The summed E-state index contributed by atoms with van der Waals surface area (Å²) in [5.74, 6) is 0.941. The van der Waals surface area contributed by atoms with Gasteiger partial charge in [-0.2, -0.15) is 0 Å². The monoisotopic (exact) mass is 344 g/mol. The number of ether oxygens (including phenoxy) is 2. The van der Waals surface area contributed by atoms with Crippen LogP contribution in [0, 0.1) is 17.8 Å². The highest BCUT2D eigenvalue weighted by atomic mass is 17.3. The summed E-state index contributed by atoms with van der Waals surface area (Å²) in [5, 5.41) is 0. The lowest BCUT2D eigenvalue weighted by molar-refractivity contribution is -0.568. The summed E-state index contributed by atoms with van der Waals surface area (Å²) >= 11 is 0. The second kappa shape index (κ2) is 6.05. The Labute approximate surface area is 149 Å². The van der Waals surface area contributed by atoms with Crippen LogP contribution in [-0.2, 0) is 25.7 Å². The van der Waals surface area contributed by atoms with Crippen LogP contribution in [0.5, 0.6) is 0 Å². The molecule has 5 fully saturated rings. The molecule has 4 saturated heterocycles. The summed E-state index contributed by atoms with van der Waals surface area (Å²) in [4.78, 5) is 12.3. The maximum Gasteiger partial charge on any atom is 0.204 e. The third kappa shape index (κ3) is 2.49. The molecule has 1 aromatic rings. The molecule has 0 unspecified atom stereocenters. The summed E-state index contributed by atoms with van der Waals surface area (Å²) in [5.41, 5.74) is 0.921. The van der Waals surface area contributed by atoms with E-state index in [1.807, 2.05) is 0 Å². The van der Waals surface area contributed by atoms with E-state index in [1.165, 1.54) is 18.4 Å². The van der Waals surface area contributed by atoms with Crippen molar-refractivity contribution in [3.05, 3.63) is 35.9 Å². The smallest absolute Gasteiger partial charge is 0.204 e. The van der Waals surface area contributed by atoms with E-state index in [9.17, 15) is 0 Å².